The Bertz CT molecular complexity index is 898. The van der Waals surface area contributed by atoms with Gasteiger partial charge in [-0.2, -0.15) is 0 Å². The predicted octanol–water partition coefficient (Wildman–Crippen LogP) is 2.65. The maximum absolute atomic E-state index is 11.9. The number of ether oxygens (including phenoxy) is 2. The summed E-state index contributed by atoms with van der Waals surface area (Å²) in [6.45, 7) is 2.96. The molecule has 0 unspecified atom stereocenters. The molecule has 0 N–H and O–H groups in total. The van der Waals surface area contributed by atoms with Crippen molar-refractivity contribution < 1.29 is 18.8 Å². The zero-order valence-electron chi connectivity index (χ0n) is 13.2. The highest BCUT2D eigenvalue weighted by Crippen LogP contribution is 2.35. The fraction of sp³-hybridized carbons (Fsp3) is 0.312. The number of rotatable bonds is 4. The van der Waals surface area contributed by atoms with Crippen molar-refractivity contribution in [1.82, 2.24) is 10.1 Å². The molecular weight excluding hydrogens is 330 g/mol. The summed E-state index contributed by atoms with van der Waals surface area (Å²) in [6, 6.07) is 7.43. The Kier molecular flexibility index (Phi) is 3.61. The van der Waals surface area contributed by atoms with Crippen LogP contribution in [0.15, 0.2) is 28.8 Å². The van der Waals surface area contributed by atoms with E-state index >= 15 is 0 Å². The van der Waals surface area contributed by atoms with Gasteiger partial charge in [-0.1, -0.05) is 22.6 Å². The van der Waals surface area contributed by atoms with E-state index in [4.69, 9.17) is 14.0 Å². The van der Waals surface area contributed by atoms with Crippen LogP contribution < -0.4 is 9.64 Å². The topological polar surface area (TPSA) is 77.7 Å². The quantitative estimate of drug-likeness (QED) is 0.673. The van der Waals surface area contributed by atoms with Crippen LogP contribution >= 0.6 is 11.3 Å². The molecule has 3 aromatic rings. The number of benzene rings is 1. The van der Waals surface area contributed by atoms with Crippen molar-refractivity contribution in [2.45, 2.75) is 13.0 Å². The van der Waals surface area contributed by atoms with Gasteiger partial charge in [0, 0.05) is 6.07 Å². The Labute approximate surface area is 141 Å². The second-order valence-corrected chi connectivity index (χ2v) is 6.57. The van der Waals surface area contributed by atoms with E-state index in [-0.39, 0.29) is 11.8 Å². The first-order valence-corrected chi connectivity index (χ1v) is 8.28. The van der Waals surface area contributed by atoms with Crippen molar-refractivity contribution in [2.24, 2.45) is 0 Å². The standard InChI is InChI=1S/C16H15N3O4S/c1-9-6-11(18-23-9)15(20)22-10-7-19(8-10)16-17-14-12(21-2)4-3-5-13(14)24-16/h3-6,10H,7-8H2,1-2H3. The SMILES string of the molecule is COc1cccc2sc(N3CC(OC(=O)c4cc(C)on4)C3)nc12. The highest BCUT2D eigenvalue weighted by Gasteiger charge is 2.33. The number of carbonyl (C=O) groups excluding carboxylic acids is 1. The van der Waals surface area contributed by atoms with Crippen LogP contribution in [0.3, 0.4) is 0 Å². The van der Waals surface area contributed by atoms with Crippen molar-refractivity contribution in [1.29, 1.82) is 0 Å². The molecular formula is C16H15N3O4S. The van der Waals surface area contributed by atoms with E-state index in [1.807, 2.05) is 18.2 Å². The lowest BCUT2D eigenvalue weighted by Gasteiger charge is -2.37. The minimum atomic E-state index is -0.456. The number of carbonyl (C=O) groups is 1. The van der Waals surface area contributed by atoms with Crippen LogP contribution in [0, 0.1) is 6.92 Å². The minimum absolute atomic E-state index is 0.164. The largest absolute Gasteiger partial charge is 0.494 e. The number of fused-ring (bicyclic) bond motifs is 1. The van der Waals surface area contributed by atoms with Gasteiger partial charge in [-0.05, 0) is 19.1 Å². The van der Waals surface area contributed by atoms with Gasteiger partial charge in [0.1, 0.15) is 23.1 Å². The summed E-state index contributed by atoms with van der Waals surface area (Å²) in [5.41, 5.74) is 1.06. The molecule has 0 aliphatic carbocycles. The Morgan fingerprint density at radius 3 is 2.96 bits per heavy atom. The monoisotopic (exact) mass is 345 g/mol. The summed E-state index contributed by atoms with van der Waals surface area (Å²) in [4.78, 5) is 18.6. The van der Waals surface area contributed by atoms with Crippen LogP contribution in [-0.4, -0.2) is 42.4 Å². The number of nitrogens with zero attached hydrogens (tertiary/aromatic N) is 3. The molecule has 7 nitrogen and oxygen atoms in total. The van der Waals surface area contributed by atoms with Crippen molar-refractivity contribution in [3.05, 3.63) is 35.7 Å². The highest BCUT2D eigenvalue weighted by molar-refractivity contribution is 7.22. The lowest BCUT2D eigenvalue weighted by atomic mass is 10.2. The number of hydrogen-bond donors (Lipinski definition) is 0. The first kappa shape index (κ1) is 14.9. The summed E-state index contributed by atoms with van der Waals surface area (Å²) in [5, 5.41) is 4.57. The van der Waals surface area contributed by atoms with Gasteiger partial charge in [0.25, 0.3) is 0 Å². The lowest BCUT2D eigenvalue weighted by Crippen LogP contribution is -2.53. The van der Waals surface area contributed by atoms with Crippen molar-refractivity contribution in [2.75, 3.05) is 25.1 Å². The van der Waals surface area contributed by atoms with Gasteiger partial charge in [-0.15, -0.1) is 0 Å². The number of aromatic nitrogens is 2. The molecule has 0 saturated carbocycles. The summed E-state index contributed by atoms with van der Waals surface area (Å²) < 4.78 is 16.7. The predicted molar refractivity (Wildman–Crippen MR) is 88.8 cm³/mol. The average Bonchev–Trinajstić information content (AvgIpc) is 3.15. The molecule has 124 valence electrons. The van der Waals surface area contributed by atoms with E-state index in [9.17, 15) is 4.79 Å². The molecule has 0 atom stereocenters. The van der Waals surface area contributed by atoms with Crippen LogP contribution in [0.2, 0.25) is 0 Å². The van der Waals surface area contributed by atoms with Gasteiger partial charge in [0.2, 0.25) is 0 Å². The molecule has 1 saturated heterocycles. The second-order valence-electron chi connectivity index (χ2n) is 5.56. The lowest BCUT2D eigenvalue weighted by molar-refractivity contribution is 0.0223. The second kappa shape index (κ2) is 5.79. The van der Waals surface area contributed by atoms with E-state index in [2.05, 4.69) is 15.0 Å². The van der Waals surface area contributed by atoms with Gasteiger partial charge in [-0.25, -0.2) is 9.78 Å². The summed E-state index contributed by atoms with van der Waals surface area (Å²) >= 11 is 1.60. The number of esters is 1. The number of methoxy groups -OCH3 is 1. The van der Waals surface area contributed by atoms with Gasteiger partial charge >= 0.3 is 5.97 Å². The number of para-hydroxylation sites is 1. The van der Waals surface area contributed by atoms with Crippen molar-refractivity contribution >= 4 is 32.7 Å². The number of anilines is 1. The number of thiazole rings is 1. The molecule has 2 aromatic heterocycles. The van der Waals surface area contributed by atoms with E-state index in [1.54, 1.807) is 31.4 Å². The zero-order chi connectivity index (χ0) is 16.7. The zero-order valence-corrected chi connectivity index (χ0v) is 14.0. The molecule has 8 heteroatoms. The first-order valence-electron chi connectivity index (χ1n) is 7.47. The molecule has 1 aliphatic rings. The third-order valence-electron chi connectivity index (χ3n) is 3.82. The molecule has 1 aliphatic heterocycles. The Morgan fingerprint density at radius 2 is 2.25 bits per heavy atom. The molecule has 4 rings (SSSR count). The smallest absolute Gasteiger partial charge is 0.360 e. The van der Waals surface area contributed by atoms with E-state index < -0.39 is 5.97 Å². The number of aryl methyl sites for hydroxylation is 1. The molecule has 24 heavy (non-hydrogen) atoms. The van der Waals surface area contributed by atoms with Gasteiger partial charge in [-0.3, -0.25) is 0 Å². The minimum Gasteiger partial charge on any atom is -0.494 e. The van der Waals surface area contributed by atoms with E-state index in [1.165, 1.54) is 0 Å². The molecule has 1 aromatic carbocycles. The molecule has 0 spiro atoms. The van der Waals surface area contributed by atoms with E-state index in [0.29, 0.717) is 18.8 Å². The average molecular weight is 345 g/mol. The summed E-state index contributed by atoms with van der Waals surface area (Å²) in [5.74, 6) is 0.892. The van der Waals surface area contributed by atoms with E-state index in [0.717, 1.165) is 21.1 Å². The fourth-order valence-corrected chi connectivity index (χ4v) is 3.56. The van der Waals surface area contributed by atoms with Crippen LogP contribution in [0.4, 0.5) is 5.13 Å². The first-order chi connectivity index (χ1) is 11.6. The highest BCUT2D eigenvalue weighted by atomic mass is 32.1. The van der Waals surface area contributed by atoms with Crippen LogP contribution in [-0.2, 0) is 4.74 Å². The summed E-state index contributed by atoms with van der Waals surface area (Å²) in [7, 11) is 1.64. The number of hydrogen-bond acceptors (Lipinski definition) is 8. The van der Waals surface area contributed by atoms with Crippen molar-refractivity contribution in [3.63, 3.8) is 0 Å². The van der Waals surface area contributed by atoms with Crippen LogP contribution in [0.25, 0.3) is 10.2 Å². The van der Waals surface area contributed by atoms with Gasteiger partial charge in [0.05, 0.1) is 24.9 Å². The third kappa shape index (κ3) is 2.58. The van der Waals surface area contributed by atoms with Crippen LogP contribution in [0.1, 0.15) is 16.2 Å². The molecule has 0 amide bonds. The fourth-order valence-electron chi connectivity index (χ4n) is 2.55. The molecule has 3 heterocycles. The summed E-state index contributed by atoms with van der Waals surface area (Å²) in [6.07, 6.45) is -0.164. The van der Waals surface area contributed by atoms with Crippen LogP contribution in [0.5, 0.6) is 5.75 Å². The Hall–Kier alpha value is -2.61. The van der Waals surface area contributed by atoms with Crippen molar-refractivity contribution in [3.8, 4) is 5.75 Å². The third-order valence-corrected chi connectivity index (χ3v) is 4.90. The maximum atomic E-state index is 11.9. The maximum Gasteiger partial charge on any atom is 0.360 e. The molecule has 1 fully saturated rings. The Balaban J connectivity index is 1.41. The molecule has 0 radical (unpaired) electrons. The van der Waals surface area contributed by atoms with Gasteiger partial charge in [0.15, 0.2) is 10.8 Å². The Morgan fingerprint density at radius 1 is 1.42 bits per heavy atom. The normalized spacial score (nSPS) is 14.7. The van der Waals surface area contributed by atoms with Gasteiger partial charge < -0.3 is 18.9 Å². The molecule has 0 bridgehead atoms.